The Bertz CT molecular complexity index is 1220. The maximum Gasteiger partial charge on any atom is 0.490 e. The number of rotatable bonds is 9. The maximum absolute atomic E-state index is 12.5. The fraction of sp³-hybridized carbons (Fsp3) is 0.481. The number of carboxylic acids is 1. The molecule has 0 atom stereocenters. The summed E-state index contributed by atoms with van der Waals surface area (Å²) in [5.41, 5.74) is 3.04. The van der Waals surface area contributed by atoms with Crippen LogP contribution >= 0.6 is 0 Å². The molecule has 39 heavy (non-hydrogen) atoms. The zero-order valence-electron chi connectivity index (χ0n) is 22.1. The van der Waals surface area contributed by atoms with Crippen molar-refractivity contribution < 1.29 is 32.6 Å². The number of morpholine rings is 1. The highest BCUT2D eigenvalue weighted by Crippen LogP contribution is 2.22. The van der Waals surface area contributed by atoms with E-state index < -0.39 is 12.1 Å². The van der Waals surface area contributed by atoms with Crippen molar-refractivity contribution in [1.29, 1.82) is 0 Å². The average Bonchev–Trinajstić information content (AvgIpc) is 3.35. The zero-order chi connectivity index (χ0) is 28.4. The van der Waals surface area contributed by atoms with Crippen LogP contribution in [0.5, 0.6) is 0 Å². The smallest absolute Gasteiger partial charge is 0.475 e. The van der Waals surface area contributed by atoms with Crippen LogP contribution in [0.25, 0.3) is 16.6 Å². The summed E-state index contributed by atoms with van der Waals surface area (Å²) < 4.78 is 39.1. The fourth-order valence-electron chi connectivity index (χ4n) is 4.32. The number of aliphatic carboxylic acids is 1. The van der Waals surface area contributed by atoms with Crippen molar-refractivity contribution in [2.45, 2.75) is 52.3 Å². The van der Waals surface area contributed by atoms with Gasteiger partial charge in [-0.25, -0.2) is 14.5 Å². The number of amides is 1. The number of pyridine rings is 1. The van der Waals surface area contributed by atoms with Gasteiger partial charge in [-0.15, -0.1) is 0 Å². The summed E-state index contributed by atoms with van der Waals surface area (Å²) in [5.74, 6) is -1.51. The highest BCUT2D eigenvalue weighted by molar-refractivity contribution is 5.82. The molecule has 4 rings (SSSR count). The maximum atomic E-state index is 12.5. The van der Waals surface area contributed by atoms with Gasteiger partial charge in [0, 0.05) is 30.9 Å². The molecule has 212 valence electrons. The first-order chi connectivity index (χ1) is 18.6. The monoisotopic (exact) mass is 549 g/mol. The van der Waals surface area contributed by atoms with Gasteiger partial charge in [0.05, 0.1) is 36.8 Å². The lowest BCUT2D eigenvalue weighted by atomic mass is 9.97. The molecule has 2 aromatic heterocycles. The number of aromatic nitrogens is 3. The molecule has 3 aromatic rings. The second-order valence-corrected chi connectivity index (χ2v) is 9.22. The third-order valence-electron chi connectivity index (χ3n) is 6.30. The second kappa shape index (κ2) is 13.9. The van der Waals surface area contributed by atoms with Gasteiger partial charge in [-0.05, 0) is 42.7 Å². The molecule has 1 fully saturated rings. The van der Waals surface area contributed by atoms with Crippen LogP contribution in [-0.4, -0.2) is 64.2 Å². The van der Waals surface area contributed by atoms with Gasteiger partial charge in [0.25, 0.3) is 0 Å². The summed E-state index contributed by atoms with van der Waals surface area (Å²) >= 11 is 0. The number of hydrogen-bond acceptors (Lipinski definition) is 6. The van der Waals surface area contributed by atoms with Crippen molar-refractivity contribution in [1.82, 2.24) is 20.1 Å². The van der Waals surface area contributed by atoms with Crippen LogP contribution in [0.3, 0.4) is 0 Å². The van der Waals surface area contributed by atoms with Crippen LogP contribution in [0.15, 0.2) is 42.7 Å². The first-order valence-electron chi connectivity index (χ1n) is 13.0. The molecule has 0 aliphatic carbocycles. The number of ether oxygens (including phenoxy) is 1. The van der Waals surface area contributed by atoms with Gasteiger partial charge in [-0.1, -0.05) is 32.8 Å². The van der Waals surface area contributed by atoms with Gasteiger partial charge >= 0.3 is 12.1 Å². The number of anilines is 1. The highest BCUT2D eigenvalue weighted by Gasteiger charge is 2.38. The lowest BCUT2D eigenvalue weighted by Gasteiger charge is -2.27. The molecule has 0 spiro atoms. The van der Waals surface area contributed by atoms with Gasteiger partial charge in [0.15, 0.2) is 0 Å². The molecule has 0 radical (unpaired) electrons. The molecule has 1 saturated heterocycles. The van der Waals surface area contributed by atoms with Crippen molar-refractivity contribution in [3.8, 4) is 5.69 Å². The number of carbonyl (C=O) groups is 2. The third kappa shape index (κ3) is 8.41. The third-order valence-corrected chi connectivity index (χ3v) is 6.30. The Kier molecular flexibility index (Phi) is 10.7. The summed E-state index contributed by atoms with van der Waals surface area (Å²) in [5, 5.41) is 15.9. The van der Waals surface area contributed by atoms with Crippen LogP contribution in [0.2, 0.25) is 0 Å². The first-order valence-corrected chi connectivity index (χ1v) is 13.0. The Morgan fingerprint density at radius 2 is 1.74 bits per heavy atom. The first kappa shape index (κ1) is 29.9. The molecule has 1 amide bonds. The van der Waals surface area contributed by atoms with E-state index in [1.165, 1.54) is 0 Å². The van der Waals surface area contributed by atoms with Gasteiger partial charge in [0.2, 0.25) is 5.91 Å². The number of halogens is 3. The van der Waals surface area contributed by atoms with Gasteiger partial charge in [-0.2, -0.15) is 18.3 Å². The van der Waals surface area contributed by atoms with E-state index in [1.54, 1.807) is 0 Å². The molecule has 9 nitrogen and oxygen atoms in total. The lowest BCUT2D eigenvalue weighted by Crippen LogP contribution is -2.36. The van der Waals surface area contributed by atoms with E-state index in [0.29, 0.717) is 6.54 Å². The molecule has 1 aromatic carbocycles. The summed E-state index contributed by atoms with van der Waals surface area (Å²) in [6.45, 7) is 8.03. The van der Waals surface area contributed by atoms with Crippen molar-refractivity contribution >= 4 is 28.6 Å². The SMILES string of the molecule is CCCC(CCC)C(=O)NCc1ccc2c(cnn2-c2ccc(N3CCOCC3)nc2)c1.O=C(O)C(F)(F)F. The minimum Gasteiger partial charge on any atom is -0.475 e. The fourth-order valence-corrected chi connectivity index (χ4v) is 4.32. The minimum absolute atomic E-state index is 0.115. The van der Waals surface area contributed by atoms with Crippen LogP contribution in [0.1, 0.15) is 45.1 Å². The number of carbonyl (C=O) groups excluding carboxylic acids is 1. The molecule has 0 saturated carbocycles. The summed E-state index contributed by atoms with van der Waals surface area (Å²) in [4.78, 5) is 28.3. The van der Waals surface area contributed by atoms with Crippen LogP contribution in [0, 0.1) is 5.92 Å². The van der Waals surface area contributed by atoms with Gasteiger partial charge < -0.3 is 20.1 Å². The molecular weight excluding hydrogens is 515 g/mol. The Morgan fingerprint density at radius 1 is 1.08 bits per heavy atom. The van der Waals surface area contributed by atoms with Crippen molar-refractivity contribution in [2.24, 2.45) is 5.92 Å². The van der Waals surface area contributed by atoms with Crippen molar-refractivity contribution in [2.75, 3.05) is 31.2 Å². The summed E-state index contributed by atoms with van der Waals surface area (Å²) in [6, 6.07) is 10.3. The summed E-state index contributed by atoms with van der Waals surface area (Å²) in [6.07, 6.45) is 2.62. The van der Waals surface area contributed by atoms with Crippen LogP contribution in [0.4, 0.5) is 19.0 Å². The number of carboxylic acid groups (broad SMARTS) is 1. The number of nitrogens with one attached hydrogen (secondary N) is 1. The van der Waals surface area contributed by atoms with Crippen LogP contribution in [-0.2, 0) is 20.9 Å². The van der Waals surface area contributed by atoms with E-state index in [4.69, 9.17) is 14.6 Å². The van der Waals surface area contributed by atoms with E-state index in [2.05, 4.69) is 58.4 Å². The van der Waals surface area contributed by atoms with Gasteiger partial charge in [0.1, 0.15) is 5.82 Å². The number of hydrogen-bond donors (Lipinski definition) is 2. The van der Waals surface area contributed by atoms with E-state index in [9.17, 15) is 18.0 Å². The van der Waals surface area contributed by atoms with E-state index >= 15 is 0 Å². The molecule has 0 unspecified atom stereocenters. The summed E-state index contributed by atoms with van der Waals surface area (Å²) in [7, 11) is 0. The molecule has 1 aliphatic rings. The van der Waals surface area contributed by atoms with E-state index in [1.807, 2.05) is 23.1 Å². The number of alkyl halides is 3. The molecule has 12 heteroatoms. The standard InChI is InChI=1S/C25H33N5O2.C2HF3O2/c1-3-5-20(6-4-2)25(31)27-16-19-7-9-23-21(15-19)17-28-30(23)22-8-10-24(26-18-22)29-11-13-32-14-12-29;3-2(4,5)1(6)7/h7-10,15,17-18,20H,3-6,11-14,16H2,1-2H3,(H,27,31);(H,6,7). The Morgan fingerprint density at radius 3 is 2.31 bits per heavy atom. The quantitative estimate of drug-likeness (QED) is 0.397. The molecule has 3 heterocycles. The zero-order valence-corrected chi connectivity index (χ0v) is 22.1. The largest absolute Gasteiger partial charge is 0.490 e. The Balaban J connectivity index is 0.000000532. The van der Waals surface area contributed by atoms with Crippen molar-refractivity contribution in [3.63, 3.8) is 0 Å². The molecule has 2 N–H and O–H groups in total. The highest BCUT2D eigenvalue weighted by atomic mass is 19.4. The Labute approximate surface area is 225 Å². The molecule has 0 bridgehead atoms. The lowest BCUT2D eigenvalue weighted by molar-refractivity contribution is -0.192. The predicted octanol–water partition coefficient (Wildman–Crippen LogP) is 4.72. The second-order valence-electron chi connectivity index (χ2n) is 9.22. The van der Waals surface area contributed by atoms with E-state index in [0.717, 1.165) is 80.0 Å². The normalized spacial score (nSPS) is 13.7. The number of fused-ring (bicyclic) bond motifs is 1. The topological polar surface area (TPSA) is 110 Å². The number of benzene rings is 1. The number of nitrogens with zero attached hydrogens (tertiary/aromatic N) is 4. The van der Waals surface area contributed by atoms with Crippen molar-refractivity contribution in [3.05, 3.63) is 48.3 Å². The average molecular weight is 550 g/mol. The van der Waals surface area contributed by atoms with Gasteiger partial charge in [-0.3, -0.25) is 4.79 Å². The molecular formula is C27H34F3N5O4. The minimum atomic E-state index is -5.08. The van der Waals surface area contributed by atoms with Crippen LogP contribution < -0.4 is 10.2 Å². The van der Waals surface area contributed by atoms with E-state index in [-0.39, 0.29) is 11.8 Å². The predicted molar refractivity (Wildman–Crippen MR) is 141 cm³/mol. The molecule has 1 aliphatic heterocycles. The Hall–Kier alpha value is -3.67.